The standard InChI is InChI=1S/C25H29N5O/c1-18-8-7-9-21(16-18)17-23-19(2)26-20(3)27-24(23)29-12-14-30(15-13-29)25(31)28-22-10-5-4-6-11-22/h4-11,16H,12-15,17H2,1-3H3,(H,28,31). The maximum absolute atomic E-state index is 12.6. The van der Waals surface area contributed by atoms with Crippen LogP contribution in [-0.2, 0) is 6.42 Å². The van der Waals surface area contributed by atoms with Crippen LogP contribution in [0.3, 0.4) is 0 Å². The van der Waals surface area contributed by atoms with E-state index in [0.29, 0.717) is 13.1 Å². The molecule has 2 heterocycles. The van der Waals surface area contributed by atoms with Crippen LogP contribution in [-0.4, -0.2) is 47.1 Å². The lowest BCUT2D eigenvalue weighted by Crippen LogP contribution is -2.50. The van der Waals surface area contributed by atoms with Crippen molar-refractivity contribution in [3.63, 3.8) is 0 Å². The van der Waals surface area contributed by atoms with Gasteiger partial charge in [0.1, 0.15) is 11.6 Å². The Morgan fingerprint density at radius 1 is 0.935 bits per heavy atom. The van der Waals surface area contributed by atoms with Gasteiger partial charge in [-0.25, -0.2) is 14.8 Å². The molecule has 0 bridgehead atoms. The van der Waals surface area contributed by atoms with Crippen LogP contribution in [0.1, 0.15) is 28.2 Å². The Kier molecular flexibility index (Phi) is 6.16. The first kappa shape index (κ1) is 20.8. The van der Waals surface area contributed by atoms with Gasteiger partial charge in [0.05, 0.1) is 0 Å². The third-order valence-corrected chi connectivity index (χ3v) is 5.66. The van der Waals surface area contributed by atoms with Gasteiger partial charge in [0, 0.05) is 49.5 Å². The first-order chi connectivity index (χ1) is 15.0. The molecule has 6 nitrogen and oxygen atoms in total. The topological polar surface area (TPSA) is 61.4 Å². The number of anilines is 2. The van der Waals surface area contributed by atoms with Crippen molar-refractivity contribution in [3.05, 3.63) is 82.8 Å². The average molecular weight is 416 g/mol. The van der Waals surface area contributed by atoms with E-state index in [4.69, 9.17) is 4.98 Å². The number of benzene rings is 2. The van der Waals surface area contributed by atoms with Gasteiger partial charge in [-0.3, -0.25) is 0 Å². The first-order valence-electron chi connectivity index (χ1n) is 10.7. The molecule has 0 unspecified atom stereocenters. The second-order valence-corrected chi connectivity index (χ2v) is 8.09. The minimum atomic E-state index is -0.0547. The molecule has 4 rings (SSSR count). The van der Waals surface area contributed by atoms with Crippen molar-refractivity contribution in [2.75, 3.05) is 36.4 Å². The van der Waals surface area contributed by atoms with Crippen molar-refractivity contribution < 1.29 is 4.79 Å². The Balaban J connectivity index is 1.48. The summed E-state index contributed by atoms with van der Waals surface area (Å²) in [5.74, 6) is 1.78. The van der Waals surface area contributed by atoms with E-state index < -0.39 is 0 Å². The fraction of sp³-hybridized carbons (Fsp3) is 0.320. The summed E-state index contributed by atoms with van der Waals surface area (Å²) in [7, 11) is 0. The number of urea groups is 1. The smallest absolute Gasteiger partial charge is 0.321 e. The summed E-state index contributed by atoms with van der Waals surface area (Å²) < 4.78 is 0. The number of hydrogen-bond donors (Lipinski definition) is 1. The Morgan fingerprint density at radius 3 is 2.39 bits per heavy atom. The molecule has 31 heavy (non-hydrogen) atoms. The van der Waals surface area contributed by atoms with Gasteiger partial charge in [0.2, 0.25) is 0 Å². The number of hydrogen-bond acceptors (Lipinski definition) is 4. The van der Waals surface area contributed by atoms with E-state index in [1.54, 1.807) is 0 Å². The molecule has 1 aliphatic rings. The van der Waals surface area contributed by atoms with Gasteiger partial charge in [-0.05, 0) is 38.5 Å². The van der Waals surface area contributed by atoms with Gasteiger partial charge in [-0.15, -0.1) is 0 Å². The lowest BCUT2D eigenvalue weighted by molar-refractivity contribution is 0.208. The largest absolute Gasteiger partial charge is 0.353 e. The number of nitrogens with one attached hydrogen (secondary N) is 1. The maximum atomic E-state index is 12.6. The summed E-state index contributed by atoms with van der Waals surface area (Å²) in [5, 5.41) is 2.98. The van der Waals surface area contributed by atoms with E-state index in [0.717, 1.165) is 42.5 Å². The van der Waals surface area contributed by atoms with E-state index in [1.165, 1.54) is 16.7 Å². The zero-order chi connectivity index (χ0) is 21.8. The Bertz CT molecular complexity index is 1060. The van der Waals surface area contributed by atoms with Crippen LogP contribution in [0.2, 0.25) is 0 Å². The minimum absolute atomic E-state index is 0.0547. The molecule has 0 atom stereocenters. The second-order valence-electron chi connectivity index (χ2n) is 8.09. The predicted molar refractivity (Wildman–Crippen MR) is 125 cm³/mol. The van der Waals surface area contributed by atoms with Gasteiger partial charge in [0.25, 0.3) is 0 Å². The number of carbonyl (C=O) groups excluding carboxylic acids is 1. The van der Waals surface area contributed by atoms with Crippen molar-refractivity contribution in [2.45, 2.75) is 27.2 Å². The van der Waals surface area contributed by atoms with Crippen molar-refractivity contribution in [1.82, 2.24) is 14.9 Å². The van der Waals surface area contributed by atoms with Crippen LogP contribution in [0.4, 0.5) is 16.3 Å². The van der Waals surface area contributed by atoms with Gasteiger partial charge >= 0.3 is 6.03 Å². The molecular weight excluding hydrogens is 386 g/mol. The molecule has 1 N–H and O–H groups in total. The molecule has 160 valence electrons. The van der Waals surface area contributed by atoms with Crippen LogP contribution < -0.4 is 10.2 Å². The third-order valence-electron chi connectivity index (χ3n) is 5.66. The monoisotopic (exact) mass is 415 g/mol. The van der Waals surface area contributed by atoms with Gasteiger partial charge in [-0.1, -0.05) is 48.0 Å². The lowest BCUT2D eigenvalue weighted by atomic mass is 10.0. The Labute approximate surface area is 183 Å². The first-order valence-corrected chi connectivity index (χ1v) is 10.7. The summed E-state index contributed by atoms with van der Waals surface area (Å²) in [6, 6.07) is 18.1. The van der Waals surface area contributed by atoms with Crippen molar-refractivity contribution in [3.8, 4) is 0 Å². The molecule has 1 aliphatic heterocycles. The van der Waals surface area contributed by atoms with Crippen molar-refractivity contribution in [1.29, 1.82) is 0 Å². The summed E-state index contributed by atoms with van der Waals surface area (Å²) in [4.78, 5) is 26.2. The SMILES string of the molecule is Cc1cccc(Cc2c(C)nc(C)nc2N2CCN(C(=O)Nc3ccccc3)CC2)c1. The highest BCUT2D eigenvalue weighted by Gasteiger charge is 2.25. The van der Waals surface area contributed by atoms with E-state index in [1.807, 2.05) is 42.2 Å². The highest BCUT2D eigenvalue weighted by Crippen LogP contribution is 2.25. The highest BCUT2D eigenvalue weighted by molar-refractivity contribution is 5.89. The van der Waals surface area contributed by atoms with Crippen LogP contribution in [0.5, 0.6) is 0 Å². The number of piperazine rings is 1. The van der Waals surface area contributed by atoms with Gasteiger partial charge in [0.15, 0.2) is 0 Å². The molecule has 1 aromatic heterocycles. The minimum Gasteiger partial charge on any atom is -0.353 e. The molecule has 0 spiro atoms. The third kappa shape index (κ3) is 5.02. The molecule has 2 aromatic carbocycles. The lowest BCUT2D eigenvalue weighted by Gasteiger charge is -2.36. The number of amides is 2. The summed E-state index contributed by atoms with van der Waals surface area (Å²) in [5.41, 5.74) is 5.52. The maximum Gasteiger partial charge on any atom is 0.321 e. The summed E-state index contributed by atoms with van der Waals surface area (Å²) >= 11 is 0. The van der Waals surface area contributed by atoms with Gasteiger partial charge in [-0.2, -0.15) is 0 Å². The Hall–Kier alpha value is -3.41. The molecule has 2 amide bonds. The zero-order valence-corrected chi connectivity index (χ0v) is 18.4. The molecule has 6 heteroatoms. The van der Waals surface area contributed by atoms with Crippen LogP contribution in [0.25, 0.3) is 0 Å². The molecule has 3 aromatic rings. The molecule has 0 aliphatic carbocycles. The molecule has 1 saturated heterocycles. The Morgan fingerprint density at radius 2 is 1.68 bits per heavy atom. The quantitative estimate of drug-likeness (QED) is 0.688. The molecular formula is C25H29N5O. The fourth-order valence-corrected chi connectivity index (χ4v) is 4.06. The highest BCUT2D eigenvalue weighted by atomic mass is 16.2. The van der Waals surface area contributed by atoms with E-state index in [-0.39, 0.29) is 6.03 Å². The fourth-order valence-electron chi connectivity index (χ4n) is 4.06. The van der Waals surface area contributed by atoms with E-state index in [9.17, 15) is 4.79 Å². The summed E-state index contributed by atoms with van der Waals surface area (Å²) in [6.45, 7) is 8.93. The number of aromatic nitrogens is 2. The summed E-state index contributed by atoms with van der Waals surface area (Å²) in [6.07, 6.45) is 0.803. The number of carbonyl (C=O) groups is 1. The number of nitrogens with zero attached hydrogens (tertiary/aromatic N) is 4. The predicted octanol–water partition coefficient (Wildman–Crippen LogP) is 4.35. The van der Waals surface area contributed by atoms with Crippen LogP contribution in [0.15, 0.2) is 54.6 Å². The number of para-hydroxylation sites is 1. The van der Waals surface area contributed by atoms with E-state index in [2.05, 4.69) is 53.3 Å². The van der Waals surface area contributed by atoms with Crippen molar-refractivity contribution in [2.24, 2.45) is 0 Å². The second kappa shape index (κ2) is 9.16. The molecule has 1 fully saturated rings. The van der Waals surface area contributed by atoms with Crippen LogP contribution >= 0.6 is 0 Å². The number of rotatable bonds is 4. The van der Waals surface area contributed by atoms with Crippen molar-refractivity contribution >= 4 is 17.5 Å². The average Bonchev–Trinajstić information content (AvgIpc) is 2.76. The van der Waals surface area contributed by atoms with E-state index >= 15 is 0 Å². The zero-order valence-electron chi connectivity index (χ0n) is 18.4. The molecule has 0 radical (unpaired) electrons. The van der Waals surface area contributed by atoms with Crippen LogP contribution in [0, 0.1) is 20.8 Å². The van der Waals surface area contributed by atoms with Gasteiger partial charge < -0.3 is 15.1 Å². The normalized spacial score (nSPS) is 13.9. The number of aryl methyl sites for hydroxylation is 3. The molecule has 0 saturated carbocycles.